The molecule has 1 heterocycles. The molecule has 0 aliphatic carbocycles. The lowest BCUT2D eigenvalue weighted by atomic mass is 10.3. The van der Waals surface area contributed by atoms with Gasteiger partial charge in [-0.05, 0) is 6.07 Å². The van der Waals surface area contributed by atoms with Gasteiger partial charge in [0.2, 0.25) is 11.6 Å². The first kappa shape index (κ1) is 13.5. The SMILES string of the molecule is COc1c(N)ncnc1Oc1ccc([N+](=O)[O-])c(F)c1. The molecule has 20 heavy (non-hydrogen) atoms. The zero-order valence-corrected chi connectivity index (χ0v) is 10.2. The summed E-state index contributed by atoms with van der Waals surface area (Å²) in [7, 11) is 1.35. The van der Waals surface area contributed by atoms with Gasteiger partial charge in [0.1, 0.15) is 12.1 Å². The molecule has 0 radical (unpaired) electrons. The van der Waals surface area contributed by atoms with E-state index in [1.165, 1.54) is 13.2 Å². The summed E-state index contributed by atoms with van der Waals surface area (Å²) in [5.41, 5.74) is 4.91. The van der Waals surface area contributed by atoms with Crippen LogP contribution >= 0.6 is 0 Å². The van der Waals surface area contributed by atoms with Crippen LogP contribution in [0.15, 0.2) is 24.5 Å². The largest absolute Gasteiger partial charge is 0.489 e. The highest BCUT2D eigenvalue weighted by atomic mass is 19.1. The zero-order chi connectivity index (χ0) is 14.7. The lowest BCUT2D eigenvalue weighted by Gasteiger charge is -2.09. The van der Waals surface area contributed by atoms with Crippen LogP contribution in [-0.4, -0.2) is 22.0 Å². The molecule has 0 aliphatic heterocycles. The normalized spacial score (nSPS) is 10.1. The molecule has 104 valence electrons. The second kappa shape index (κ2) is 5.34. The van der Waals surface area contributed by atoms with Gasteiger partial charge in [0, 0.05) is 12.1 Å². The van der Waals surface area contributed by atoms with Crippen LogP contribution in [-0.2, 0) is 0 Å². The number of nitrogens with zero attached hydrogens (tertiary/aromatic N) is 3. The van der Waals surface area contributed by atoms with Gasteiger partial charge in [-0.25, -0.2) is 4.98 Å². The number of aromatic nitrogens is 2. The fraction of sp³-hybridized carbons (Fsp3) is 0.0909. The van der Waals surface area contributed by atoms with Gasteiger partial charge >= 0.3 is 5.69 Å². The van der Waals surface area contributed by atoms with Crippen LogP contribution in [0.2, 0.25) is 0 Å². The Hall–Kier alpha value is -2.97. The zero-order valence-electron chi connectivity index (χ0n) is 10.2. The summed E-state index contributed by atoms with van der Waals surface area (Å²) in [6.07, 6.45) is 1.15. The van der Waals surface area contributed by atoms with E-state index in [-0.39, 0.29) is 23.2 Å². The lowest BCUT2D eigenvalue weighted by molar-refractivity contribution is -0.387. The first-order chi connectivity index (χ1) is 9.52. The summed E-state index contributed by atoms with van der Waals surface area (Å²) in [6, 6.07) is 3.09. The molecule has 0 saturated heterocycles. The quantitative estimate of drug-likeness (QED) is 0.672. The number of nitrogens with two attached hydrogens (primary N) is 1. The minimum Gasteiger partial charge on any atom is -0.489 e. The molecular formula is C11H9FN4O4. The van der Waals surface area contributed by atoms with Gasteiger partial charge < -0.3 is 15.2 Å². The van der Waals surface area contributed by atoms with Gasteiger partial charge in [-0.15, -0.1) is 0 Å². The smallest absolute Gasteiger partial charge is 0.305 e. The number of ether oxygens (including phenoxy) is 2. The third kappa shape index (κ3) is 2.55. The van der Waals surface area contributed by atoms with E-state index in [2.05, 4.69) is 9.97 Å². The second-order valence-electron chi connectivity index (χ2n) is 3.57. The van der Waals surface area contributed by atoms with E-state index in [1.807, 2.05) is 0 Å². The average Bonchev–Trinajstić information content (AvgIpc) is 2.38. The Balaban J connectivity index is 2.34. The molecule has 2 N–H and O–H groups in total. The van der Waals surface area contributed by atoms with Gasteiger partial charge in [-0.3, -0.25) is 10.1 Å². The molecule has 0 bridgehead atoms. The van der Waals surface area contributed by atoms with Gasteiger partial charge in [0.25, 0.3) is 5.88 Å². The Labute approximate surface area is 112 Å². The number of hydrogen-bond donors (Lipinski definition) is 1. The first-order valence-corrected chi connectivity index (χ1v) is 5.29. The third-order valence-electron chi connectivity index (χ3n) is 2.33. The summed E-state index contributed by atoms with van der Waals surface area (Å²) in [6.45, 7) is 0. The molecule has 2 aromatic rings. The standard InChI is InChI=1S/C11H9FN4O4/c1-19-9-10(13)14-5-15-11(9)20-6-2-3-8(16(17)18)7(12)4-6/h2-5H,1H3,(H2,13,14,15). The Morgan fingerprint density at radius 2 is 2.15 bits per heavy atom. The maximum Gasteiger partial charge on any atom is 0.305 e. The van der Waals surface area contributed by atoms with E-state index in [9.17, 15) is 14.5 Å². The summed E-state index contributed by atoms with van der Waals surface area (Å²) in [4.78, 5) is 17.2. The van der Waals surface area contributed by atoms with Crippen molar-refractivity contribution in [2.24, 2.45) is 0 Å². The topological polar surface area (TPSA) is 113 Å². The first-order valence-electron chi connectivity index (χ1n) is 5.29. The molecule has 0 spiro atoms. The van der Waals surface area contributed by atoms with Crippen LogP contribution < -0.4 is 15.2 Å². The predicted octanol–water partition coefficient (Wildman–Crippen LogP) is 1.91. The molecule has 9 heteroatoms. The van der Waals surface area contributed by atoms with Crippen molar-refractivity contribution in [2.45, 2.75) is 0 Å². The predicted molar refractivity (Wildman–Crippen MR) is 66.1 cm³/mol. The van der Waals surface area contributed by atoms with Crippen LogP contribution in [0.1, 0.15) is 0 Å². The Kier molecular flexibility index (Phi) is 3.60. The van der Waals surface area contributed by atoms with Crippen molar-refractivity contribution in [1.29, 1.82) is 0 Å². The van der Waals surface area contributed by atoms with E-state index < -0.39 is 16.4 Å². The van der Waals surface area contributed by atoms with Crippen LogP contribution in [0.4, 0.5) is 15.9 Å². The number of hydrogen-bond acceptors (Lipinski definition) is 7. The van der Waals surface area contributed by atoms with Crippen LogP contribution in [0.5, 0.6) is 17.4 Å². The highest BCUT2D eigenvalue weighted by molar-refractivity contribution is 5.52. The number of nitro benzene ring substituents is 1. The summed E-state index contributed by atoms with van der Waals surface area (Å²) >= 11 is 0. The molecular weight excluding hydrogens is 271 g/mol. The molecule has 0 amide bonds. The maximum absolute atomic E-state index is 13.5. The van der Waals surface area contributed by atoms with Crippen molar-refractivity contribution in [1.82, 2.24) is 9.97 Å². The number of nitro groups is 1. The highest BCUT2D eigenvalue weighted by Crippen LogP contribution is 2.33. The van der Waals surface area contributed by atoms with E-state index in [0.717, 1.165) is 18.5 Å². The Bertz CT molecular complexity index is 665. The molecule has 0 atom stereocenters. The number of halogens is 1. The van der Waals surface area contributed by atoms with E-state index in [1.54, 1.807) is 0 Å². The van der Waals surface area contributed by atoms with Crippen molar-refractivity contribution in [3.8, 4) is 17.4 Å². The molecule has 1 aromatic carbocycles. The lowest BCUT2D eigenvalue weighted by Crippen LogP contribution is -2.00. The van der Waals surface area contributed by atoms with Gasteiger partial charge in [-0.1, -0.05) is 0 Å². The minimum absolute atomic E-state index is 0.0181. The maximum atomic E-state index is 13.5. The van der Waals surface area contributed by atoms with Crippen molar-refractivity contribution in [3.63, 3.8) is 0 Å². The van der Waals surface area contributed by atoms with Crippen LogP contribution in [0, 0.1) is 15.9 Å². The van der Waals surface area contributed by atoms with E-state index in [4.69, 9.17) is 15.2 Å². The summed E-state index contributed by atoms with van der Waals surface area (Å²) < 4.78 is 23.7. The average molecular weight is 280 g/mol. The fourth-order valence-corrected chi connectivity index (χ4v) is 1.45. The van der Waals surface area contributed by atoms with Crippen molar-refractivity contribution in [2.75, 3.05) is 12.8 Å². The number of nitrogen functional groups attached to an aromatic ring is 1. The molecule has 2 rings (SSSR count). The van der Waals surface area contributed by atoms with Crippen molar-refractivity contribution in [3.05, 3.63) is 40.5 Å². The Morgan fingerprint density at radius 1 is 1.40 bits per heavy atom. The molecule has 0 aliphatic rings. The number of methoxy groups -OCH3 is 1. The van der Waals surface area contributed by atoms with Gasteiger partial charge in [0.05, 0.1) is 12.0 Å². The second-order valence-corrected chi connectivity index (χ2v) is 3.57. The van der Waals surface area contributed by atoms with Gasteiger partial charge in [0.15, 0.2) is 5.82 Å². The molecule has 0 fully saturated rings. The molecule has 1 aromatic heterocycles. The highest BCUT2D eigenvalue weighted by Gasteiger charge is 2.17. The minimum atomic E-state index is -1.02. The summed E-state index contributed by atoms with van der Waals surface area (Å²) in [5, 5.41) is 10.5. The third-order valence-corrected chi connectivity index (χ3v) is 2.33. The number of benzene rings is 1. The van der Waals surface area contributed by atoms with Crippen molar-refractivity contribution < 1.29 is 18.8 Å². The van der Waals surface area contributed by atoms with Crippen LogP contribution in [0.3, 0.4) is 0 Å². The van der Waals surface area contributed by atoms with Crippen LogP contribution in [0.25, 0.3) is 0 Å². The Morgan fingerprint density at radius 3 is 2.75 bits per heavy atom. The van der Waals surface area contributed by atoms with E-state index in [0.29, 0.717) is 0 Å². The fourth-order valence-electron chi connectivity index (χ4n) is 1.45. The monoisotopic (exact) mass is 280 g/mol. The van der Waals surface area contributed by atoms with E-state index >= 15 is 0 Å². The number of rotatable bonds is 4. The van der Waals surface area contributed by atoms with Gasteiger partial charge in [-0.2, -0.15) is 9.37 Å². The molecule has 0 saturated carbocycles. The number of anilines is 1. The van der Waals surface area contributed by atoms with Crippen molar-refractivity contribution >= 4 is 11.5 Å². The molecule has 8 nitrogen and oxygen atoms in total. The summed E-state index contributed by atoms with van der Waals surface area (Å²) in [5.74, 6) is -0.877. The molecule has 0 unspecified atom stereocenters.